The van der Waals surface area contributed by atoms with Crippen LogP contribution >= 0.6 is 11.6 Å². The van der Waals surface area contributed by atoms with Crippen LogP contribution in [-0.4, -0.2) is 20.5 Å². The van der Waals surface area contributed by atoms with E-state index in [0.717, 1.165) is 38.0 Å². The number of rotatable bonds is 4. The van der Waals surface area contributed by atoms with Crippen molar-refractivity contribution in [2.75, 3.05) is 0 Å². The summed E-state index contributed by atoms with van der Waals surface area (Å²) in [6.45, 7) is 2.17. The SMILES string of the molecule is CCC1CCC(NC(=O)NS(=O)(=O)c2ccc(Cl)cc2)CC1. The molecule has 122 valence electrons. The zero-order valence-corrected chi connectivity index (χ0v) is 14.1. The molecule has 0 bridgehead atoms. The van der Waals surface area contributed by atoms with Gasteiger partial charge < -0.3 is 5.32 Å². The molecular weight excluding hydrogens is 324 g/mol. The quantitative estimate of drug-likeness (QED) is 0.880. The first-order chi connectivity index (χ1) is 10.4. The number of hydrogen-bond donors (Lipinski definition) is 2. The predicted molar refractivity (Wildman–Crippen MR) is 86.3 cm³/mol. The molecule has 0 saturated heterocycles. The molecule has 1 aliphatic rings. The summed E-state index contributed by atoms with van der Waals surface area (Å²) in [6.07, 6.45) is 5.10. The van der Waals surface area contributed by atoms with Crippen LogP contribution in [0.1, 0.15) is 39.0 Å². The first-order valence-corrected chi connectivity index (χ1v) is 9.35. The van der Waals surface area contributed by atoms with E-state index in [1.807, 2.05) is 4.72 Å². The highest BCUT2D eigenvalue weighted by molar-refractivity contribution is 7.90. The zero-order valence-electron chi connectivity index (χ0n) is 12.5. The monoisotopic (exact) mass is 344 g/mol. The number of hydrogen-bond acceptors (Lipinski definition) is 3. The van der Waals surface area contributed by atoms with Gasteiger partial charge in [-0.05, 0) is 55.9 Å². The molecule has 0 aromatic heterocycles. The van der Waals surface area contributed by atoms with E-state index in [9.17, 15) is 13.2 Å². The first-order valence-electron chi connectivity index (χ1n) is 7.49. The minimum atomic E-state index is -3.86. The Morgan fingerprint density at radius 2 is 1.77 bits per heavy atom. The molecule has 0 unspecified atom stereocenters. The van der Waals surface area contributed by atoms with Crippen LogP contribution in [0.4, 0.5) is 4.79 Å². The van der Waals surface area contributed by atoms with Crippen molar-refractivity contribution in [2.45, 2.75) is 50.0 Å². The van der Waals surface area contributed by atoms with Crippen LogP contribution in [0.3, 0.4) is 0 Å². The average molecular weight is 345 g/mol. The lowest BCUT2D eigenvalue weighted by Gasteiger charge is -2.28. The molecule has 22 heavy (non-hydrogen) atoms. The molecule has 0 aliphatic heterocycles. The van der Waals surface area contributed by atoms with Crippen LogP contribution in [0.15, 0.2) is 29.2 Å². The van der Waals surface area contributed by atoms with E-state index >= 15 is 0 Å². The van der Waals surface area contributed by atoms with Gasteiger partial charge in [0.25, 0.3) is 10.0 Å². The van der Waals surface area contributed by atoms with Crippen LogP contribution in [0.25, 0.3) is 0 Å². The summed E-state index contributed by atoms with van der Waals surface area (Å²) < 4.78 is 26.2. The van der Waals surface area contributed by atoms with Gasteiger partial charge in [-0.25, -0.2) is 17.9 Å². The van der Waals surface area contributed by atoms with Crippen LogP contribution < -0.4 is 10.0 Å². The van der Waals surface area contributed by atoms with Crippen molar-refractivity contribution in [1.29, 1.82) is 0 Å². The largest absolute Gasteiger partial charge is 0.335 e. The van der Waals surface area contributed by atoms with Gasteiger partial charge in [0.1, 0.15) is 0 Å². The molecule has 0 heterocycles. The summed E-state index contributed by atoms with van der Waals surface area (Å²) in [5.74, 6) is 0.721. The van der Waals surface area contributed by atoms with E-state index in [0.29, 0.717) is 5.02 Å². The molecule has 2 N–H and O–H groups in total. The lowest BCUT2D eigenvalue weighted by atomic mass is 9.85. The van der Waals surface area contributed by atoms with E-state index in [4.69, 9.17) is 11.6 Å². The Hall–Kier alpha value is -1.27. The Bertz CT molecular complexity index is 608. The smallest absolute Gasteiger partial charge is 0.328 e. The van der Waals surface area contributed by atoms with E-state index in [2.05, 4.69) is 12.2 Å². The predicted octanol–water partition coefficient (Wildman–Crippen LogP) is 3.30. The lowest BCUT2D eigenvalue weighted by molar-refractivity contribution is 0.231. The van der Waals surface area contributed by atoms with Crippen molar-refractivity contribution in [2.24, 2.45) is 5.92 Å². The highest BCUT2D eigenvalue weighted by Gasteiger charge is 2.23. The van der Waals surface area contributed by atoms with Gasteiger partial charge in [-0.1, -0.05) is 24.9 Å². The molecule has 2 amide bonds. The fourth-order valence-corrected chi connectivity index (χ4v) is 3.77. The standard InChI is InChI=1S/C15H21ClN2O3S/c1-2-11-3-7-13(8-4-11)17-15(19)18-22(20,21)14-9-5-12(16)6-10-14/h5-6,9-11,13H,2-4,7-8H2,1H3,(H2,17,18,19). The van der Waals surface area contributed by atoms with Gasteiger partial charge >= 0.3 is 6.03 Å². The normalized spacial score (nSPS) is 22.1. The van der Waals surface area contributed by atoms with Gasteiger partial charge in [0, 0.05) is 11.1 Å². The zero-order chi connectivity index (χ0) is 16.2. The molecule has 7 heteroatoms. The van der Waals surface area contributed by atoms with E-state index < -0.39 is 16.1 Å². The Balaban J connectivity index is 1.90. The molecule has 5 nitrogen and oxygen atoms in total. The maximum absolute atomic E-state index is 12.1. The summed E-state index contributed by atoms with van der Waals surface area (Å²) >= 11 is 5.73. The fourth-order valence-electron chi connectivity index (χ4n) is 2.72. The number of urea groups is 1. The minimum Gasteiger partial charge on any atom is -0.335 e. The number of carbonyl (C=O) groups is 1. The maximum Gasteiger partial charge on any atom is 0.328 e. The second-order valence-corrected chi connectivity index (χ2v) is 7.78. The Kier molecular flexibility index (Phi) is 5.69. The maximum atomic E-state index is 12.1. The number of benzene rings is 1. The van der Waals surface area contributed by atoms with Crippen LogP contribution in [0, 0.1) is 5.92 Å². The molecule has 1 aromatic carbocycles. The third kappa shape index (κ3) is 4.61. The van der Waals surface area contributed by atoms with Gasteiger partial charge in [-0.2, -0.15) is 0 Å². The second kappa shape index (κ2) is 7.33. The van der Waals surface area contributed by atoms with Gasteiger partial charge in [0.2, 0.25) is 0 Å². The van der Waals surface area contributed by atoms with E-state index in [-0.39, 0.29) is 10.9 Å². The van der Waals surface area contributed by atoms with Gasteiger partial charge in [-0.3, -0.25) is 0 Å². The second-order valence-electron chi connectivity index (χ2n) is 5.66. The lowest BCUT2D eigenvalue weighted by Crippen LogP contribution is -2.45. The summed E-state index contributed by atoms with van der Waals surface area (Å²) in [5, 5.41) is 3.19. The number of halogens is 1. The third-order valence-electron chi connectivity index (χ3n) is 4.11. The summed E-state index contributed by atoms with van der Waals surface area (Å²) in [4.78, 5) is 11.9. The summed E-state index contributed by atoms with van der Waals surface area (Å²) in [6, 6.07) is 5.05. The average Bonchev–Trinajstić information content (AvgIpc) is 2.48. The van der Waals surface area contributed by atoms with Crippen LogP contribution in [0.5, 0.6) is 0 Å². The number of carbonyl (C=O) groups excluding carboxylic acids is 1. The highest BCUT2D eigenvalue weighted by Crippen LogP contribution is 2.26. The van der Waals surface area contributed by atoms with Gasteiger partial charge in [0.05, 0.1) is 4.90 Å². The van der Waals surface area contributed by atoms with Crippen molar-refractivity contribution in [3.05, 3.63) is 29.3 Å². The van der Waals surface area contributed by atoms with Crippen molar-refractivity contribution < 1.29 is 13.2 Å². The van der Waals surface area contributed by atoms with Gasteiger partial charge in [-0.15, -0.1) is 0 Å². The summed E-state index contributed by atoms with van der Waals surface area (Å²) in [5.41, 5.74) is 0. The van der Waals surface area contributed by atoms with Crippen LogP contribution in [0.2, 0.25) is 5.02 Å². The molecule has 0 atom stereocenters. The Morgan fingerprint density at radius 1 is 1.18 bits per heavy atom. The van der Waals surface area contributed by atoms with Crippen molar-refractivity contribution in [1.82, 2.24) is 10.0 Å². The Morgan fingerprint density at radius 3 is 2.32 bits per heavy atom. The van der Waals surface area contributed by atoms with Crippen molar-refractivity contribution >= 4 is 27.7 Å². The summed E-state index contributed by atoms with van der Waals surface area (Å²) in [7, 11) is -3.86. The molecule has 1 aliphatic carbocycles. The number of nitrogens with one attached hydrogen (secondary N) is 2. The van der Waals surface area contributed by atoms with E-state index in [1.54, 1.807) is 0 Å². The third-order valence-corrected chi connectivity index (χ3v) is 5.71. The molecule has 0 radical (unpaired) electrons. The molecular formula is C15H21ClN2O3S. The first kappa shape index (κ1) is 17.1. The van der Waals surface area contributed by atoms with Gasteiger partial charge in [0.15, 0.2) is 0 Å². The molecule has 1 fully saturated rings. The number of sulfonamides is 1. The number of amides is 2. The molecule has 1 saturated carbocycles. The van der Waals surface area contributed by atoms with Crippen molar-refractivity contribution in [3.63, 3.8) is 0 Å². The minimum absolute atomic E-state index is 0.0155. The molecule has 0 spiro atoms. The fraction of sp³-hybridized carbons (Fsp3) is 0.533. The molecule has 1 aromatic rings. The van der Waals surface area contributed by atoms with Crippen LogP contribution in [-0.2, 0) is 10.0 Å². The Labute approximate surface area is 136 Å². The topological polar surface area (TPSA) is 75.3 Å². The van der Waals surface area contributed by atoms with E-state index in [1.165, 1.54) is 24.3 Å². The molecule has 2 rings (SSSR count). The van der Waals surface area contributed by atoms with Crippen molar-refractivity contribution in [3.8, 4) is 0 Å². The highest BCUT2D eigenvalue weighted by atomic mass is 35.5.